The zero-order valence-corrected chi connectivity index (χ0v) is 11.5. The Balaban J connectivity index is 2.05. The van der Waals surface area contributed by atoms with Crippen LogP contribution in [0.4, 0.5) is 0 Å². The molecule has 0 aliphatic carbocycles. The van der Waals surface area contributed by atoms with E-state index >= 15 is 0 Å². The lowest BCUT2D eigenvalue weighted by Crippen LogP contribution is -1.96. The van der Waals surface area contributed by atoms with E-state index in [1.165, 1.54) is 0 Å². The molecule has 16 heavy (non-hydrogen) atoms. The Morgan fingerprint density at radius 3 is 2.69 bits per heavy atom. The van der Waals surface area contributed by atoms with E-state index in [1.54, 1.807) is 12.4 Å². The van der Waals surface area contributed by atoms with Crippen molar-refractivity contribution in [3.05, 3.63) is 57.2 Å². The third-order valence-corrected chi connectivity index (χ3v) is 3.24. The topological polar surface area (TPSA) is 22.1 Å². The summed E-state index contributed by atoms with van der Waals surface area (Å²) in [6, 6.07) is 9.88. The summed E-state index contributed by atoms with van der Waals surface area (Å²) < 4.78 is 7.60. The zero-order chi connectivity index (χ0) is 11.4. The van der Waals surface area contributed by atoms with E-state index in [-0.39, 0.29) is 0 Å². The van der Waals surface area contributed by atoms with Gasteiger partial charge in [0, 0.05) is 20.7 Å². The first-order chi connectivity index (χ1) is 7.75. The van der Waals surface area contributed by atoms with Gasteiger partial charge in [0.25, 0.3) is 0 Å². The minimum absolute atomic E-state index is 0.527. The second kappa shape index (κ2) is 5.46. The van der Waals surface area contributed by atoms with Gasteiger partial charge >= 0.3 is 0 Å². The quantitative estimate of drug-likeness (QED) is 0.834. The van der Waals surface area contributed by atoms with Crippen molar-refractivity contribution in [2.75, 3.05) is 0 Å². The van der Waals surface area contributed by atoms with E-state index in [9.17, 15) is 0 Å². The highest BCUT2D eigenvalue weighted by atomic mass is 79.9. The number of hydrogen-bond donors (Lipinski definition) is 0. The van der Waals surface area contributed by atoms with Crippen LogP contribution in [-0.4, -0.2) is 4.98 Å². The van der Waals surface area contributed by atoms with Crippen molar-refractivity contribution in [3.8, 4) is 5.75 Å². The minimum atomic E-state index is 0.527. The number of benzene rings is 1. The number of halogens is 2. The van der Waals surface area contributed by atoms with Crippen LogP contribution < -0.4 is 4.74 Å². The molecule has 0 spiro atoms. The predicted octanol–water partition coefficient (Wildman–Crippen LogP) is 4.19. The van der Waals surface area contributed by atoms with Crippen molar-refractivity contribution in [3.63, 3.8) is 0 Å². The van der Waals surface area contributed by atoms with Crippen LogP contribution in [-0.2, 0) is 6.61 Å². The average molecular weight is 343 g/mol. The van der Waals surface area contributed by atoms with Crippen LogP contribution in [0.2, 0.25) is 0 Å². The Kier molecular flexibility index (Phi) is 3.96. The first-order valence-corrected chi connectivity index (χ1v) is 6.31. The minimum Gasteiger partial charge on any atom is -0.487 e. The Morgan fingerprint density at radius 2 is 1.94 bits per heavy atom. The summed E-state index contributed by atoms with van der Waals surface area (Å²) in [5.74, 6) is 0.755. The van der Waals surface area contributed by atoms with Crippen molar-refractivity contribution >= 4 is 31.9 Å². The van der Waals surface area contributed by atoms with E-state index in [0.717, 1.165) is 20.3 Å². The van der Waals surface area contributed by atoms with E-state index in [4.69, 9.17) is 4.74 Å². The number of pyridine rings is 1. The molecule has 0 atom stereocenters. The molecule has 0 saturated carbocycles. The first kappa shape index (κ1) is 11.6. The monoisotopic (exact) mass is 341 g/mol. The van der Waals surface area contributed by atoms with Crippen LogP contribution in [0.1, 0.15) is 5.56 Å². The third kappa shape index (κ3) is 3.06. The molecule has 0 aliphatic heterocycles. The highest BCUT2D eigenvalue weighted by Gasteiger charge is 2.00. The number of rotatable bonds is 3. The molecule has 0 saturated heterocycles. The molecule has 1 aromatic carbocycles. The summed E-state index contributed by atoms with van der Waals surface area (Å²) in [6.45, 7) is 0.527. The molecule has 2 nitrogen and oxygen atoms in total. The van der Waals surface area contributed by atoms with Gasteiger partial charge in [0.2, 0.25) is 0 Å². The smallest absolute Gasteiger partial charge is 0.139 e. The normalized spacial score (nSPS) is 10.1. The first-order valence-electron chi connectivity index (χ1n) is 4.72. The summed E-state index contributed by atoms with van der Waals surface area (Å²) in [5.41, 5.74) is 1.11. The van der Waals surface area contributed by atoms with Gasteiger partial charge in [-0.25, -0.2) is 0 Å². The SMILES string of the molecule is Brc1cncc(OCc2ccccc2Br)c1. The van der Waals surface area contributed by atoms with Crippen LogP contribution in [0.25, 0.3) is 0 Å². The van der Waals surface area contributed by atoms with Crippen LogP contribution >= 0.6 is 31.9 Å². The number of ether oxygens (including phenoxy) is 1. The Morgan fingerprint density at radius 1 is 1.12 bits per heavy atom. The van der Waals surface area contributed by atoms with Gasteiger partial charge in [0.1, 0.15) is 12.4 Å². The number of aromatic nitrogens is 1. The van der Waals surface area contributed by atoms with E-state index < -0.39 is 0 Å². The Labute approximate surface area is 111 Å². The summed E-state index contributed by atoms with van der Waals surface area (Å²) in [5, 5.41) is 0. The third-order valence-electron chi connectivity index (χ3n) is 2.03. The maximum atomic E-state index is 5.63. The Hall–Kier alpha value is -0.870. The molecule has 2 rings (SSSR count). The van der Waals surface area contributed by atoms with Crippen molar-refractivity contribution in [2.24, 2.45) is 0 Å². The summed E-state index contributed by atoms with van der Waals surface area (Å²) in [4.78, 5) is 4.04. The molecular formula is C12H9Br2NO. The summed E-state index contributed by atoms with van der Waals surface area (Å²) in [6.07, 6.45) is 3.42. The molecule has 0 aliphatic rings. The van der Waals surface area contributed by atoms with Crippen molar-refractivity contribution in [1.82, 2.24) is 4.98 Å². The summed E-state index contributed by atoms with van der Waals surface area (Å²) in [7, 11) is 0. The van der Waals surface area contributed by atoms with Crippen LogP contribution in [0, 0.1) is 0 Å². The maximum absolute atomic E-state index is 5.63. The van der Waals surface area contributed by atoms with Crippen molar-refractivity contribution in [2.45, 2.75) is 6.61 Å². The fourth-order valence-electron chi connectivity index (χ4n) is 1.25. The molecule has 0 unspecified atom stereocenters. The second-order valence-electron chi connectivity index (χ2n) is 3.22. The van der Waals surface area contributed by atoms with Crippen LogP contribution in [0.5, 0.6) is 5.75 Å². The molecule has 0 bridgehead atoms. The number of nitrogens with zero attached hydrogens (tertiary/aromatic N) is 1. The fourth-order valence-corrected chi connectivity index (χ4v) is 1.99. The molecule has 0 fully saturated rings. The fraction of sp³-hybridized carbons (Fsp3) is 0.0833. The predicted molar refractivity (Wildman–Crippen MR) is 70.4 cm³/mol. The molecule has 0 radical (unpaired) electrons. The van der Waals surface area contributed by atoms with Gasteiger partial charge in [-0.3, -0.25) is 4.98 Å². The van der Waals surface area contributed by atoms with Gasteiger partial charge in [0.05, 0.1) is 6.20 Å². The van der Waals surface area contributed by atoms with Crippen LogP contribution in [0.3, 0.4) is 0 Å². The zero-order valence-electron chi connectivity index (χ0n) is 8.36. The Bertz CT molecular complexity index is 488. The lowest BCUT2D eigenvalue weighted by Gasteiger charge is -2.07. The molecule has 1 heterocycles. The molecule has 0 N–H and O–H groups in total. The molecular weight excluding hydrogens is 334 g/mol. The van der Waals surface area contributed by atoms with Gasteiger partial charge in [-0.05, 0) is 28.1 Å². The van der Waals surface area contributed by atoms with Gasteiger partial charge in [0.15, 0.2) is 0 Å². The molecule has 82 valence electrons. The lowest BCUT2D eigenvalue weighted by molar-refractivity contribution is 0.304. The van der Waals surface area contributed by atoms with Gasteiger partial charge in [-0.15, -0.1) is 0 Å². The largest absolute Gasteiger partial charge is 0.487 e. The van der Waals surface area contributed by atoms with E-state index in [0.29, 0.717) is 6.61 Å². The average Bonchev–Trinajstić information content (AvgIpc) is 2.28. The van der Waals surface area contributed by atoms with Crippen LogP contribution in [0.15, 0.2) is 51.7 Å². The van der Waals surface area contributed by atoms with Crippen molar-refractivity contribution < 1.29 is 4.74 Å². The second-order valence-corrected chi connectivity index (χ2v) is 4.99. The highest BCUT2D eigenvalue weighted by molar-refractivity contribution is 9.10. The van der Waals surface area contributed by atoms with E-state index in [1.807, 2.05) is 30.3 Å². The summed E-state index contributed by atoms with van der Waals surface area (Å²) >= 11 is 6.83. The van der Waals surface area contributed by atoms with Gasteiger partial charge in [-0.1, -0.05) is 34.1 Å². The molecule has 4 heteroatoms. The van der Waals surface area contributed by atoms with Gasteiger partial charge < -0.3 is 4.74 Å². The molecule has 0 amide bonds. The molecule has 2 aromatic rings. The van der Waals surface area contributed by atoms with E-state index in [2.05, 4.69) is 36.8 Å². The number of hydrogen-bond acceptors (Lipinski definition) is 2. The molecule has 1 aromatic heterocycles. The maximum Gasteiger partial charge on any atom is 0.139 e. The lowest BCUT2D eigenvalue weighted by atomic mass is 10.2. The standard InChI is InChI=1S/C12H9Br2NO/c13-10-5-11(7-15-6-10)16-8-9-3-1-2-4-12(9)14/h1-7H,8H2. The van der Waals surface area contributed by atoms with Gasteiger partial charge in [-0.2, -0.15) is 0 Å². The van der Waals surface area contributed by atoms with Crippen molar-refractivity contribution in [1.29, 1.82) is 0 Å². The highest BCUT2D eigenvalue weighted by Crippen LogP contribution is 2.20.